The fourth-order valence-electron chi connectivity index (χ4n) is 5.96. The second-order valence-electron chi connectivity index (χ2n) is 9.87. The highest BCUT2D eigenvalue weighted by Crippen LogP contribution is 2.54. The smallest absolute Gasteiger partial charge is 0.235 e. The van der Waals surface area contributed by atoms with Crippen molar-refractivity contribution in [3.05, 3.63) is 71.8 Å². The summed E-state index contributed by atoms with van der Waals surface area (Å²) in [4.78, 5) is 40.2. The fourth-order valence-corrected chi connectivity index (χ4v) is 5.96. The third kappa shape index (κ3) is 3.60. The predicted molar refractivity (Wildman–Crippen MR) is 126 cm³/mol. The maximum atomic E-state index is 13.9. The molecule has 4 heteroatoms. The van der Waals surface area contributed by atoms with Gasteiger partial charge in [0.05, 0.1) is 0 Å². The number of hydrogen-bond acceptors (Lipinski definition) is 3. The van der Waals surface area contributed by atoms with Gasteiger partial charge < -0.3 is 5.32 Å². The summed E-state index contributed by atoms with van der Waals surface area (Å²) < 4.78 is 0. The Morgan fingerprint density at radius 2 is 1.75 bits per heavy atom. The van der Waals surface area contributed by atoms with E-state index in [2.05, 4.69) is 37.4 Å². The van der Waals surface area contributed by atoms with Crippen LogP contribution in [-0.4, -0.2) is 23.5 Å². The molecule has 2 aliphatic carbocycles. The summed E-state index contributed by atoms with van der Waals surface area (Å²) in [5.74, 6) is -1.11. The van der Waals surface area contributed by atoms with E-state index in [1.807, 2.05) is 44.2 Å². The number of carbonyl (C=O) groups excluding carboxylic acids is 3. The highest BCUT2D eigenvalue weighted by Gasteiger charge is 2.64. The number of hydrogen-bond donors (Lipinski definition) is 1. The number of nitrogens with one attached hydrogen (secondary N) is 1. The lowest BCUT2D eigenvalue weighted by Crippen LogP contribution is -2.51. The first kappa shape index (κ1) is 22.4. The van der Waals surface area contributed by atoms with E-state index in [1.54, 1.807) is 6.08 Å². The molecule has 168 valence electrons. The summed E-state index contributed by atoms with van der Waals surface area (Å²) in [6.45, 7) is 7.99. The lowest BCUT2D eigenvalue weighted by Gasteiger charge is -2.44. The van der Waals surface area contributed by atoms with Crippen LogP contribution >= 0.6 is 0 Å². The van der Waals surface area contributed by atoms with Crippen LogP contribution < -0.4 is 5.32 Å². The van der Waals surface area contributed by atoms with Crippen LogP contribution in [0.15, 0.2) is 66.3 Å². The van der Waals surface area contributed by atoms with Gasteiger partial charge in [0.15, 0.2) is 5.78 Å². The molecule has 0 aromatic heterocycles. The van der Waals surface area contributed by atoms with Crippen molar-refractivity contribution in [3.8, 4) is 0 Å². The van der Waals surface area contributed by atoms with Gasteiger partial charge in [-0.3, -0.25) is 14.4 Å². The second kappa shape index (κ2) is 8.65. The van der Waals surface area contributed by atoms with Gasteiger partial charge in [-0.05, 0) is 37.3 Å². The van der Waals surface area contributed by atoms with E-state index in [1.165, 1.54) is 11.6 Å². The molecular weight excluding hydrogens is 398 g/mol. The summed E-state index contributed by atoms with van der Waals surface area (Å²) in [5.41, 5.74) is 1.18. The van der Waals surface area contributed by atoms with Gasteiger partial charge in [0.1, 0.15) is 11.2 Å². The zero-order chi connectivity index (χ0) is 23.0. The van der Waals surface area contributed by atoms with Crippen molar-refractivity contribution in [1.29, 1.82) is 0 Å². The first-order valence-corrected chi connectivity index (χ1v) is 11.7. The molecule has 1 aromatic rings. The maximum absolute atomic E-state index is 13.9. The lowest BCUT2D eigenvalue weighted by atomic mass is 9.55. The second-order valence-corrected chi connectivity index (χ2v) is 9.87. The largest absolute Gasteiger partial charge is 0.352 e. The normalized spacial score (nSPS) is 39.2. The van der Waals surface area contributed by atoms with E-state index in [0.29, 0.717) is 12.8 Å². The molecule has 1 amide bonds. The van der Waals surface area contributed by atoms with Crippen LogP contribution in [0.2, 0.25) is 0 Å². The molecule has 0 unspecified atom stereocenters. The summed E-state index contributed by atoms with van der Waals surface area (Å²) in [7, 11) is 0. The van der Waals surface area contributed by atoms with Crippen molar-refractivity contribution < 1.29 is 14.4 Å². The molecule has 1 aromatic carbocycles. The van der Waals surface area contributed by atoms with Gasteiger partial charge in [-0.15, -0.1) is 0 Å². The number of ketones is 2. The van der Waals surface area contributed by atoms with Gasteiger partial charge in [0.25, 0.3) is 0 Å². The average molecular weight is 432 g/mol. The first-order valence-electron chi connectivity index (χ1n) is 11.7. The lowest BCUT2D eigenvalue weighted by molar-refractivity contribution is -0.142. The monoisotopic (exact) mass is 431 g/mol. The molecule has 1 fully saturated rings. The molecule has 4 nitrogen and oxygen atoms in total. The molecule has 7 atom stereocenters. The maximum Gasteiger partial charge on any atom is 0.235 e. The van der Waals surface area contributed by atoms with Crippen LogP contribution in [0.4, 0.5) is 0 Å². The highest BCUT2D eigenvalue weighted by atomic mass is 16.2. The predicted octanol–water partition coefficient (Wildman–Crippen LogP) is 4.47. The first-order chi connectivity index (χ1) is 15.3. The van der Waals surface area contributed by atoms with Crippen molar-refractivity contribution in [2.75, 3.05) is 0 Å². The zero-order valence-corrected chi connectivity index (χ0v) is 19.4. The Kier molecular flexibility index (Phi) is 6.07. The number of rotatable bonds is 2. The Morgan fingerprint density at radius 1 is 1.03 bits per heavy atom. The van der Waals surface area contributed by atoms with E-state index in [0.717, 1.165) is 5.56 Å². The molecule has 1 spiro atoms. The van der Waals surface area contributed by atoms with Crippen LogP contribution in [0, 0.1) is 35.0 Å². The molecule has 1 heterocycles. The minimum atomic E-state index is -1.18. The Morgan fingerprint density at radius 3 is 2.47 bits per heavy atom. The van der Waals surface area contributed by atoms with E-state index in [4.69, 9.17) is 0 Å². The van der Waals surface area contributed by atoms with E-state index >= 15 is 0 Å². The number of Topliss-reactive ketones (excluding diaryl/α,β-unsaturated/α-hetero) is 1. The van der Waals surface area contributed by atoms with Crippen molar-refractivity contribution in [1.82, 2.24) is 5.32 Å². The average Bonchev–Trinajstić information content (AvgIpc) is 3.07. The molecule has 0 saturated carbocycles. The van der Waals surface area contributed by atoms with E-state index in [-0.39, 0.29) is 53.1 Å². The van der Waals surface area contributed by atoms with Crippen LogP contribution in [0.3, 0.4) is 0 Å². The fraction of sp³-hybridized carbons (Fsp3) is 0.464. The minimum absolute atomic E-state index is 0.0905. The van der Waals surface area contributed by atoms with Crippen molar-refractivity contribution in [3.63, 3.8) is 0 Å². The molecular formula is C28H33NO3. The molecule has 4 rings (SSSR count). The standard InChI is InChI=1S/C28H33NO3/c1-17-9-8-12-22-15-19(3)20(4)25-23(16-21-10-6-5-7-11-21)29-27(32)28(22,25)24(30)14-13-18(2)26(17)31/h5-8,10-15,17-18,20,22-23,25H,9,16H2,1-4H3,(H,29,32)/b12-8-,14-13-/t17-,18-,20+,22-,23-,25-,28-/m0/s1. The van der Waals surface area contributed by atoms with E-state index < -0.39 is 5.41 Å². The molecule has 0 radical (unpaired) electrons. The summed E-state index contributed by atoms with van der Waals surface area (Å²) >= 11 is 0. The van der Waals surface area contributed by atoms with Gasteiger partial charge in [0.2, 0.25) is 5.91 Å². The number of allylic oxidation sites excluding steroid dienone is 6. The molecule has 32 heavy (non-hydrogen) atoms. The molecule has 1 N–H and O–H groups in total. The van der Waals surface area contributed by atoms with Gasteiger partial charge in [-0.2, -0.15) is 0 Å². The van der Waals surface area contributed by atoms with Gasteiger partial charge in [-0.25, -0.2) is 0 Å². The molecule has 3 aliphatic rings. The molecule has 0 bridgehead atoms. The summed E-state index contributed by atoms with van der Waals surface area (Å²) in [6, 6.07) is 10.0. The Hall–Kier alpha value is -2.75. The Balaban J connectivity index is 1.83. The SMILES string of the molecule is CC1=C[C@@H]2/C=C\C[C@H](C)C(=O)[C@@H](C)/C=C\C(=O)[C@@]23C(=O)N[C@@H](Cc2ccccc2)[C@@H]3[C@@H]1C. The highest BCUT2D eigenvalue weighted by molar-refractivity contribution is 6.14. The molecule has 1 aliphatic heterocycles. The third-order valence-electron chi connectivity index (χ3n) is 7.89. The van der Waals surface area contributed by atoms with Gasteiger partial charge in [0, 0.05) is 29.7 Å². The third-order valence-corrected chi connectivity index (χ3v) is 7.89. The minimum Gasteiger partial charge on any atom is -0.352 e. The summed E-state index contributed by atoms with van der Waals surface area (Å²) in [6.07, 6.45) is 10.6. The van der Waals surface area contributed by atoms with Gasteiger partial charge >= 0.3 is 0 Å². The van der Waals surface area contributed by atoms with E-state index in [9.17, 15) is 14.4 Å². The molecule has 1 saturated heterocycles. The summed E-state index contributed by atoms with van der Waals surface area (Å²) in [5, 5.41) is 3.22. The van der Waals surface area contributed by atoms with Crippen molar-refractivity contribution in [2.24, 2.45) is 35.0 Å². The number of amides is 1. The van der Waals surface area contributed by atoms with Crippen LogP contribution in [0.1, 0.15) is 39.7 Å². The van der Waals surface area contributed by atoms with Crippen molar-refractivity contribution >= 4 is 17.5 Å². The van der Waals surface area contributed by atoms with Crippen molar-refractivity contribution in [2.45, 2.75) is 46.6 Å². The number of carbonyl (C=O) groups is 3. The van der Waals surface area contributed by atoms with Crippen LogP contribution in [-0.2, 0) is 20.8 Å². The Bertz CT molecular complexity index is 1000. The Labute approximate surface area is 190 Å². The van der Waals surface area contributed by atoms with Gasteiger partial charge in [-0.1, -0.05) is 81.0 Å². The number of benzene rings is 1. The zero-order valence-electron chi connectivity index (χ0n) is 19.4. The quantitative estimate of drug-likeness (QED) is 0.555. The van der Waals surface area contributed by atoms with Crippen LogP contribution in [0.25, 0.3) is 0 Å². The topological polar surface area (TPSA) is 63.2 Å². The van der Waals surface area contributed by atoms with Crippen LogP contribution in [0.5, 0.6) is 0 Å².